The summed E-state index contributed by atoms with van der Waals surface area (Å²) in [6.45, 7) is 2.76. The summed E-state index contributed by atoms with van der Waals surface area (Å²) in [4.78, 5) is 11.9. The summed E-state index contributed by atoms with van der Waals surface area (Å²) in [5.74, 6) is 2.66. The molecular formula is C28H30O5. The molecule has 3 aromatic rings. The molecule has 1 aliphatic rings. The van der Waals surface area contributed by atoms with Gasteiger partial charge >= 0.3 is 5.97 Å². The van der Waals surface area contributed by atoms with E-state index in [-0.39, 0.29) is 5.97 Å². The average Bonchev–Trinajstić information content (AvgIpc) is 2.85. The highest BCUT2D eigenvalue weighted by atomic mass is 16.6. The number of hydrogen-bond acceptors (Lipinski definition) is 5. The summed E-state index contributed by atoms with van der Waals surface area (Å²) in [7, 11) is 1.52. The lowest BCUT2D eigenvalue weighted by Gasteiger charge is -2.28. The number of para-hydroxylation sites is 2. The van der Waals surface area contributed by atoms with Gasteiger partial charge in [-0.25, -0.2) is 4.79 Å². The Hall–Kier alpha value is -3.31. The molecule has 3 aromatic carbocycles. The molecule has 0 N–H and O–H groups in total. The Morgan fingerprint density at radius 2 is 1.58 bits per heavy atom. The molecule has 0 amide bonds. The van der Waals surface area contributed by atoms with E-state index in [4.69, 9.17) is 18.9 Å². The van der Waals surface area contributed by atoms with E-state index in [1.165, 1.54) is 18.2 Å². The van der Waals surface area contributed by atoms with Crippen molar-refractivity contribution in [2.75, 3.05) is 20.3 Å². The number of methoxy groups -OCH3 is 1. The lowest BCUT2D eigenvalue weighted by atomic mass is 9.85. The lowest BCUT2D eigenvalue weighted by Crippen LogP contribution is -2.27. The minimum atomic E-state index is -0.595. The second kappa shape index (κ2) is 11.0. The number of carbonyl (C=O) groups excluding carboxylic acids is 1. The van der Waals surface area contributed by atoms with Crippen LogP contribution in [0.1, 0.15) is 42.4 Å². The normalized spacial score (nSPS) is 13.4. The van der Waals surface area contributed by atoms with E-state index < -0.39 is 6.10 Å². The van der Waals surface area contributed by atoms with Crippen molar-refractivity contribution in [3.8, 4) is 17.2 Å². The van der Waals surface area contributed by atoms with Crippen molar-refractivity contribution in [2.45, 2.75) is 38.2 Å². The van der Waals surface area contributed by atoms with Crippen molar-refractivity contribution >= 4 is 5.97 Å². The Morgan fingerprint density at radius 1 is 0.939 bits per heavy atom. The zero-order valence-corrected chi connectivity index (χ0v) is 19.2. The molecule has 0 saturated heterocycles. The minimum absolute atomic E-state index is 0.297. The van der Waals surface area contributed by atoms with Crippen LogP contribution in [0.5, 0.6) is 17.2 Å². The number of fused-ring (bicyclic) bond motifs is 2. The Morgan fingerprint density at radius 3 is 2.18 bits per heavy atom. The first-order valence-corrected chi connectivity index (χ1v) is 11.5. The molecule has 5 heteroatoms. The second-order valence-corrected chi connectivity index (χ2v) is 8.05. The molecule has 1 aliphatic heterocycles. The number of hydrogen-bond donors (Lipinski definition) is 0. The quantitative estimate of drug-likeness (QED) is 0.286. The predicted molar refractivity (Wildman–Crippen MR) is 127 cm³/mol. The highest BCUT2D eigenvalue weighted by molar-refractivity contribution is 5.75. The second-order valence-electron chi connectivity index (χ2n) is 8.05. The van der Waals surface area contributed by atoms with Gasteiger partial charge in [-0.1, -0.05) is 48.5 Å². The first-order chi connectivity index (χ1) is 16.2. The van der Waals surface area contributed by atoms with E-state index in [0.29, 0.717) is 25.6 Å². The Balaban J connectivity index is 1.31. The average molecular weight is 447 g/mol. The van der Waals surface area contributed by atoms with Crippen LogP contribution in [-0.2, 0) is 20.7 Å². The van der Waals surface area contributed by atoms with E-state index in [2.05, 4.69) is 24.3 Å². The lowest BCUT2D eigenvalue weighted by molar-refractivity contribution is -0.154. The fraction of sp³-hybridized carbons (Fsp3) is 0.321. The minimum Gasteiger partial charge on any atom is -0.494 e. The van der Waals surface area contributed by atoms with E-state index in [1.807, 2.05) is 48.5 Å². The number of carbonyl (C=O) groups is 1. The Kier molecular flexibility index (Phi) is 7.63. The van der Waals surface area contributed by atoms with Crippen LogP contribution in [0.25, 0.3) is 0 Å². The number of benzene rings is 3. The van der Waals surface area contributed by atoms with Crippen molar-refractivity contribution in [3.63, 3.8) is 0 Å². The van der Waals surface area contributed by atoms with E-state index in [9.17, 15) is 4.79 Å². The van der Waals surface area contributed by atoms with Crippen LogP contribution >= 0.6 is 0 Å². The Bertz CT molecular complexity index is 1010. The molecule has 1 atom stereocenters. The molecule has 172 valence electrons. The molecular weight excluding hydrogens is 416 g/mol. The van der Waals surface area contributed by atoms with Gasteiger partial charge in [-0.3, -0.25) is 0 Å². The van der Waals surface area contributed by atoms with Crippen molar-refractivity contribution in [2.24, 2.45) is 0 Å². The van der Waals surface area contributed by atoms with Crippen LogP contribution in [-0.4, -0.2) is 32.4 Å². The van der Waals surface area contributed by atoms with Crippen LogP contribution in [0.2, 0.25) is 0 Å². The molecule has 0 saturated carbocycles. The molecule has 0 radical (unpaired) electrons. The summed E-state index contributed by atoms with van der Waals surface area (Å²) >= 11 is 0. The van der Waals surface area contributed by atoms with Crippen LogP contribution in [0.15, 0.2) is 72.8 Å². The maximum atomic E-state index is 11.9. The molecule has 0 spiro atoms. The van der Waals surface area contributed by atoms with Gasteiger partial charge < -0.3 is 18.9 Å². The third-order valence-electron chi connectivity index (χ3n) is 5.89. The summed E-state index contributed by atoms with van der Waals surface area (Å²) in [6, 6.07) is 24.3. The molecule has 0 aromatic heterocycles. The predicted octanol–water partition coefficient (Wildman–Crippen LogP) is 5.90. The van der Waals surface area contributed by atoms with Crippen molar-refractivity contribution in [1.29, 1.82) is 0 Å². The number of esters is 1. The standard InChI is InChI=1S/C28H30O5/c1-3-31-28(29)27(30-2)19-20-14-16-21(17-15-20)32-18-8-11-22-23-9-4-6-12-25(23)33-26-13-7-5-10-24(22)26/h4-7,9-10,12-17,22,27H,3,8,11,18-19H2,1-2H3. The third-order valence-corrected chi connectivity index (χ3v) is 5.89. The fourth-order valence-electron chi connectivity index (χ4n) is 4.23. The highest BCUT2D eigenvalue weighted by Gasteiger charge is 2.26. The van der Waals surface area contributed by atoms with E-state index >= 15 is 0 Å². The third kappa shape index (κ3) is 5.55. The fourth-order valence-corrected chi connectivity index (χ4v) is 4.23. The molecule has 4 rings (SSSR count). The highest BCUT2D eigenvalue weighted by Crippen LogP contribution is 2.45. The summed E-state index contributed by atoms with van der Waals surface area (Å²) in [5.41, 5.74) is 3.46. The Labute approximate surface area is 195 Å². The molecule has 33 heavy (non-hydrogen) atoms. The molecule has 0 aliphatic carbocycles. The maximum Gasteiger partial charge on any atom is 0.335 e. The van der Waals surface area contributed by atoms with Crippen LogP contribution < -0.4 is 9.47 Å². The number of rotatable bonds is 10. The van der Waals surface area contributed by atoms with E-state index in [1.54, 1.807) is 6.92 Å². The van der Waals surface area contributed by atoms with Crippen molar-refractivity contribution in [3.05, 3.63) is 89.5 Å². The molecule has 1 heterocycles. The van der Waals surface area contributed by atoms with Gasteiger partial charge in [0.2, 0.25) is 0 Å². The summed E-state index contributed by atoms with van der Waals surface area (Å²) in [5, 5.41) is 0. The summed E-state index contributed by atoms with van der Waals surface area (Å²) < 4.78 is 22.4. The molecule has 5 nitrogen and oxygen atoms in total. The molecule has 0 fully saturated rings. The largest absolute Gasteiger partial charge is 0.494 e. The van der Waals surface area contributed by atoms with Gasteiger partial charge in [-0.05, 0) is 49.6 Å². The van der Waals surface area contributed by atoms with Crippen LogP contribution in [0.4, 0.5) is 0 Å². The van der Waals surface area contributed by atoms with Crippen LogP contribution in [0, 0.1) is 0 Å². The van der Waals surface area contributed by atoms with Crippen LogP contribution in [0.3, 0.4) is 0 Å². The van der Waals surface area contributed by atoms with Crippen molar-refractivity contribution < 1.29 is 23.7 Å². The zero-order valence-electron chi connectivity index (χ0n) is 19.2. The zero-order chi connectivity index (χ0) is 23.0. The van der Waals surface area contributed by atoms with Gasteiger partial charge in [0.05, 0.1) is 13.2 Å². The molecule has 1 unspecified atom stereocenters. The van der Waals surface area contributed by atoms with Gasteiger partial charge in [0.15, 0.2) is 6.10 Å². The van der Waals surface area contributed by atoms with E-state index in [0.717, 1.165) is 35.7 Å². The monoisotopic (exact) mass is 446 g/mol. The first kappa shape index (κ1) is 22.9. The number of ether oxygens (including phenoxy) is 4. The summed E-state index contributed by atoms with van der Waals surface area (Å²) in [6.07, 6.45) is 1.77. The maximum absolute atomic E-state index is 11.9. The topological polar surface area (TPSA) is 54.0 Å². The van der Waals surface area contributed by atoms with Gasteiger partial charge in [-0.2, -0.15) is 0 Å². The molecule has 0 bridgehead atoms. The van der Waals surface area contributed by atoms with Gasteiger partial charge in [-0.15, -0.1) is 0 Å². The smallest absolute Gasteiger partial charge is 0.335 e. The van der Waals surface area contributed by atoms with Gasteiger partial charge in [0.25, 0.3) is 0 Å². The SMILES string of the molecule is CCOC(=O)C(Cc1ccc(OCCCC2c3ccccc3Oc3ccccc32)cc1)OC. The van der Waals surface area contributed by atoms with Gasteiger partial charge in [0, 0.05) is 30.6 Å². The van der Waals surface area contributed by atoms with Crippen molar-refractivity contribution in [1.82, 2.24) is 0 Å². The van der Waals surface area contributed by atoms with Gasteiger partial charge in [0.1, 0.15) is 17.2 Å². The first-order valence-electron chi connectivity index (χ1n) is 11.5.